The Morgan fingerprint density at radius 3 is 2.48 bits per heavy atom. The first-order valence-corrected chi connectivity index (χ1v) is 7.22. The molecule has 1 saturated carbocycles. The summed E-state index contributed by atoms with van der Waals surface area (Å²) < 4.78 is 9.85. The first-order chi connectivity index (χ1) is 9.99. The maximum atomic E-state index is 12.3. The number of allylic oxidation sites excluding steroid dienone is 6. The SMILES string of the molecule is COC(=O)C1(C(=O)OC)CC2=C(C)[C@@H]3C=CC=C[C@@]2(C3)C1. The number of rotatable bonds is 2. The lowest BCUT2D eigenvalue weighted by molar-refractivity contribution is -0.169. The second-order valence-electron chi connectivity index (χ2n) is 6.29. The molecule has 3 rings (SSSR count). The third-order valence-electron chi connectivity index (χ3n) is 5.34. The van der Waals surface area contributed by atoms with E-state index < -0.39 is 17.4 Å². The van der Waals surface area contributed by atoms with Crippen LogP contribution in [0.3, 0.4) is 0 Å². The molecule has 4 nitrogen and oxygen atoms in total. The molecule has 0 radical (unpaired) electrons. The van der Waals surface area contributed by atoms with Crippen molar-refractivity contribution in [3.05, 3.63) is 35.5 Å². The van der Waals surface area contributed by atoms with E-state index in [9.17, 15) is 9.59 Å². The summed E-state index contributed by atoms with van der Waals surface area (Å²) in [4.78, 5) is 24.7. The van der Waals surface area contributed by atoms with E-state index >= 15 is 0 Å². The number of hydrogen-bond acceptors (Lipinski definition) is 4. The lowest BCUT2D eigenvalue weighted by Crippen LogP contribution is -2.40. The second kappa shape index (κ2) is 4.58. The highest BCUT2D eigenvalue weighted by molar-refractivity contribution is 6.01. The van der Waals surface area contributed by atoms with Crippen LogP contribution in [0.2, 0.25) is 0 Å². The van der Waals surface area contributed by atoms with Crippen molar-refractivity contribution in [1.29, 1.82) is 0 Å². The predicted octanol–water partition coefficient (Wildman–Crippen LogP) is 2.56. The van der Waals surface area contributed by atoms with Crippen LogP contribution in [0.1, 0.15) is 26.2 Å². The topological polar surface area (TPSA) is 52.6 Å². The van der Waals surface area contributed by atoms with Gasteiger partial charge in [0.2, 0.25) is 0 Å². The van der Waals surface area contributed by atoms with Crippen molar-refractivity contribution in [2.75, 3.05) is 14.2 Å². The zero-order chi connectivity index (χ0) is 15.3. The average molecular weight is 288 g/mol. The molecule has 0 heterocycles. The Morgan fingerprint density at radius 1 is 1.19 bits per heavy atom. The van der Waals surface area contributed by atoms with Crippen LogP contribution in [0.25, 0.3) is 0 Å². The monoisotopic (exact) mass is 288 g/mol. The van der Waals surface area contributed by atoms with Gasteiger partial charge in [0, 0.05) is 5.41 Å². The fourth-order valence-electron chi connectivity index (χ4n) is 4.32. The molecule has 112 valence electrons. The van der Waals surface area contributed by atoms with E-state index in [0.29, 0.717) is 18.8 Å². The molecule has 0 aromatic carbocycles. The van der Waals surface area contributed by atoms with Crippen molar-refractivity contribution < 1.29 is 19.1 Å². The molecule has 3 aliphatic rings. The van der Waals surface area contributed by atoms with Crippen molar-refractivity contribution in [2.45, 2.75) is 26.2 Å². The van der Waals surface area contributed by atoms with Gasteiger partial charge in [0.15, 0.2) is 5.41 Å². The van der Waals surface area contributed by atoms with Crippen LogP contribution in [-0.2, 0) is 19.1 Å². The smallest absolute Gasteiger partial charge is 0.323 e. The molecule has 1 fully saturated rings. The number of fused-ring (bicyclic) bond motifs is 1. The molecular formula is C17H20O4. The van der Waals surface area contributed by atoms with Gasteiger partial charge in [0.25, 0.3) is 0 Å². The van der Waals surface area contributed by atoms with E-state index in [4.69, 9.17) is 9.47 Å². The highest BCUT2D eigenvalue weighted by atomic mass is 16.5. The third-order valence-corrected chi connectivity index (χ3v) is 5.34. The minimum atomic E-state index is -1.19. The highest BCUT2D eigenvalue weighted by Gasteiger charge is 2.63. The van der Waals surface area contributed by atoms with Gasteiger partial charge < -0.3 is 9.47 Å². The average Bonchev–Trinajstić information content (AvgIpc) is 2.82. The summed E-state index contributed by atoms with van der Waals surface area (Å²) in [5.41, 5.74) is 1.09. The van der Waals surface area contributed by atoms with Gasteiger partial charge in [-0.05, 0) is 32.1 Å². The van der Waals surface area contributed by atoms with Gasteiger partial charge in [0.1, 0.15) is 0 Å². The lowest BCUT2D eigenvalue weighted by atomic mass is 9.76. The van der Waals surface area contributed by atoms with Crippen LogP contribution in [0.15, 0.2) is 35.5 Å². The number of esters is 2. The highest BCUT2D eigenvalue weighted by Crippen LogP contribution is 2.63. The van der Waals surface area contributed by atoms with E-state index in [1.807, 2.05) is 6.08 Å². The molecule has 0 amide bonds. The summed E-state index contributed by atoms with van der Waals surface area (Å²) in [6.45, 7) is 2.11. The Morgan fingerprint density at radius 2 is 1.86 bits per heavy atom. The fraction of sp³-hybridized carbons (Fsp3) is 0.529. The summed E-state index contributed by atoms with van der Waals surface area (Å²) in [6, 6.07) is 0. The minimum Gasteiger partial charge on any atom is -0.468 e. The Bertz CT molecular complexity index is 580. The van der Waals surface area contributed by atoms with E-state index in [1.165, 1.54) is 25.4 Å². The zero-order valence-electron chi connectivity index (χ0n) is 12.6. The molecule has 1 spiro atoms. The number of carbonyl (C=O) groups is 2. The van der Waals surface area contributed by atoms with E-state index in [0.717, 1.165) is 6.42 Å². The van der Waals surface area contributed by atoms with Crippen LogP contribution < -0.4 is 0 Å². The standard InChI is InChI=1S/C17H20O4/c1-11-12-6-4-5-7-16(8-12)10-17(9-13(11)16,14(18)20-2)15(19)21-3/h4-7,12H,8-10H2,1-3H3/t12-,16-/m1/s1. The van der Waals surface area contributed by atoms with E-state index in [1.54, 1.807) is 0 Å². The summed E-state index contributed by atoms with van der Waals surface area (Å²) in [6.07, 6.45) is 10.2. The summed E-state index contributed by atoms with van der Waals surface area (Å²) >= 11 is 0. The number of carbonyl (C=O) groups excluding carboxylic acids is 2. The third kappa shape index (κ3) is 1.74. The van der Waals surface area contributed by atoms with Crippen molar-refractivity contribution in [3.8, 4) is 0 Å². The normalized spacial score (nSPS) is 31.9. The molecule has 2 bridgehead atoms. The molecule has 0 unspecified atom stereocenters. The molecule has 0 aromatic rings. The van der Waals surface area contributed by atoms with Gasteiger partial charge in [-0.15, -0.1) is 0 Å². The van der Waals surface area contributed by atoms with Crippen molar-refractivity contribution in [2.24, 2.45) is 16.7 Å². The first kappa shape index (κ1) is 14.1. The molecule has 21 heavy (non-hydrogen) atoms. The number of hydrogen-bond donors (Lipinski definition) is 0. The van der Waals surface area contributed by atoms with Crippen LogP contribution in [0.5, 0.6) is 0 Å². The van der Waals surface area contributed by atoms with Gasteiger partial charge in [0.05, 0.1) is 14.2 Å². The maximum absolute atomic E-state index is 12.3. The summed E-state index contributed by atoms with van der Waals surface area (Å²) in [7, 11) is 2.65. The number of ether oxygens (including phenoxy) is 2. The molecule has 3 aliphatic carbocycles. The van der Waals surface area contributed by atoms with Crippen molar-refractivity contribution in [1.82, 2.24) is 0 Å². The van der Waals surface area contributed by atoms with Crippen molar-refractivity contribution >= 4 is 11.9 Å². The van der Waals surface area contributed by atoms with Gasteiger partial charge in [-0.3, -0.25) is 9.59 Å². The molecule has 0 aliphatic heterocycles. The maximum Gasteiger partial charge on any atom is 0.323 e. The van der Waals surface area contributed by atoms with E-state index in [-0.39, 0.29) is 5.41 Å². The molecule has 0 saturated heterocycles. The molecule has 0 aromatic heterocycles. The first-order valence-electron chi connectivity index (χ1n) is 7.22. The van der Waals surface area contributed by atoms with Crippen LogP contribution in [-0.4, -0.2) is 26.2 Å². The zero-order valence-corrected chi connectivity index (χ0v) is 12.6. The Balaban J connectivity index is 2.11. The van der Waals surface area contributed by atoms with Gasteiger partial charge in [-0.2, -0.15) is 0 Å². The molecule has 2 atom stereocenters. The van der Waals surface area contributed by atoms with Gasteiger partial charge in [-0.1, -0.05) is 35.5 Å². The Hall–Kier alpha value is -1.84. The molecular weight excluding hydrogens is 268 g/mol. The van der Waals surface area contributed by atoms with E-state index in [2.05, 4.69) is 25.2 Å². The van der Waals surface area contributed by atoms with Gasteiger partial charge in [-0.25, -0.2) is 0 Å². The largest absolute Gasteiger partial charge is 0.468 e. The van der Waals surface area contributed by atoms with Crippen LogP contribution in [0, 0.1) is 16.7 Å². The number of methoxy groups -OCH3 is 2. The second-order valence-corrected chi connectivity index (χ2v) is 6.29. The molecule has 4 heteroatoms. The minimum absolute atomic E-state index is 0.208. The fourth-order valence-corrected chi connectivity index (χ4v) is 4.32. The predicted molar refractivity (Wildman–Crippen MR) is 77.2 cm³/mol. The Kier molecular flexibility index (Phi) is 3.08. The lowest BCUT2D eigenvalue weighted by Gasteiger charge is -2.27. The quantitative estimate of drug-likeness (QED) is 0.445. The van der Waals surface area contributed by atoms with Crippen LogP contribution >= 0.6 is 0 Å². The van der Waals surface area contributed by atoms with Crippen LogP contribution in [0.4, 0.5) is 0 Å². The van der Waals surface area contributed by atoms with Crippen molar-refractivity contribution in [3.63, 3.8) is 0 Å². The summed E-state index contributed by atoms with van der Waals surface area (Å²) in [5, 5.41) is 0. The molecule has 0 N–H and O–H groups in total. The Labute approximate surface area is 124 Å². The summed E-state index contributed by atoms with van der Waals surface area (Å²) in [5.74, 6) is -0.565. The van der Waals surface area contributed by atoms with Gasteiger partial charge >= 0.3 is 11.9 Å².